The van der Waals surface area contributed by atoms with Crippen molar-refractivity contribution >= 4 is 40.7 Å². The highest BCUT2D eigenvalue weighted by molar-refractivity contribution is 7.14. The highest BCUT2D eigenvalue weighted by atomic mass is 28.3. The van der Waals surface area contributed by atoms with E-state index in [1.807, 2.05) is 0 Å². The molecule has 8 rings (SSSR count). The van der Waals surface area contributed by atoms with E-state index in [9.17, 15) is 0 Å². The molecule has 1 aliphatic rings. The lowest BCUT2D eigenvalue weighted by Gasteiger charge is -2.33. The highest BCUT2D eigenvalue weighted by Crippen LogP contribution is 2.40. The van der Waals surface area contributed by atoms with Crippen molar-refractivity contribution in [2.75, 3.05) is 4.90 Å². The number of hydrogen-bond donors (Lipinski definition) is 0. The Labute approximate surface area is 266 Å². The van der Waals surface area contributed by atoms with E-state index in [4.69, 9.17) is 0 Å². The molecule has 1 atom stereocenters. The molecule has 0 bridgehead atoms. The van der Waals surface area contributed by atoms with E-state index in [1.54, 1.807) is 0 Å². The zero-order valence-electron chi connectivity index (χ0n) is 25.3. The number of benzene rings is 7. The van der Waals surface area contributed by atoms with E-state index >= 15 is 0 Å². The van der Waals surface area contributed by atoms with Crippen LogP contribution in [0.25, 0.3) is 33.4 Å². The lowest BCUT2D eigenvalue weighted by atomic mass is 10.00. The van der Waals surface area contributed by atoms with Gasteiger partial charge in [-0.3, -0.25) is 0 Å². The molecular weight excluding hydrogens is 559 g/mol. The van der Waals surface area contributed by atoms with Gasteiger partial charge < -0.3 is 4.90 Å². The zero-order chi connectivity index (χ0) is 30.2. The lowest BCUT2D eigenvalue weighted by Crippen LogP contribution is -2.62. The van der Waals surface area contributed by atoms with Crippen molar-refractivity contribution in [3.63, 3.8) is 0 Å². The van der Waals surface area contributed by atoms with E-state index in [0.29, 0.717) is 0 Å². The molecule has 214 valence electrons. The van der Waals surface area contributed by atoms with Gasteiger partial charge in [-0.25, -0.2) is 0 Å². The number of fused-ring (bicyclic) bond motifs is 3. The molecule has 0 fully saturated rings. The molecule has 1 aliphatic heterocycles. The van der Waals surface area contributed by atoms with Gasteiger partial charge in [0.1, 0.15) is 8.07 Å². The first-order chi connectivity index (χ1) is 22.2. The molecule has 0 amide bonds. The minimum Gasteiger partial charge on any atom is -0.311 e. The standard InChI is InChI=1S/C43H33NSi/c1-45(38-18-9-4-10-19-38)42-23-12-11-20-39(42)40-21-13-22-41(43(40)45)44(36-16-7-3-8-17-36)37-30-28-35(29-31-37)34-26-24-33(25-27-34)32-14-5-2-6-15-32/h2-31H,1H3. The van der Waals surface area contributed by atoms with E-state index in [-0.39, 0.29) is 0 Å². The summed E-state index contributed by atoms with van der Waals surface area (Å²) in [5.74, 6) is 0. The van der Waals surface area contributed by atoms with Gasteiger partial charge in [-0.15, -0.1) is 0 Å². The number of para-hydroxylation sites is 1. The highest BCUT2D eigenvalue weighted by Gasteiger charge is 2.45. The quantitative estimate of drug-likeness (QED) is 0.174. The second kappa shape index (κ2) is 11.2. The van der Waals surface area contributed by atoms with Crippen molar-refractivity contribution < 1.29 is 0 Å². The number of anilines is 3. The predicted molar refractivity (Wildman–Crippen MR) is 194 cm³/mol. The van der Waals surface area contributed by atoms with Gasteiger partial charge in [-0.1, -0.05) is 158 Å². The first-order valence-electron chi connectivity index (χ1n) is 15.6. The average molecular weight is 592 g/mol. The van der Waals surface area contributed by atoms with Crippen LogP contribution in [0.4, 0.5) is 17.1 Å². The summed E-state index contributed by atoms with van der Waals surface area (Å²) in [6.45, 7) is 2.53. The minimum absolute atomic E-state index is 1.15. The zero-order valence-corrected chi connectivity index (χ0v) is 26.3. The second-order valence-corrected chi connectivity index (χ2v) is 15.8. The van der Waals surface area contributed by atoms with Crippen molar-refractivity contribution in [1.29, 1.82) is 0 Å². The van der Waals surface area contributed by atoms with Crippen LogP contribution in [-0.2, 0) is 0 Å². The van der Waals surface area contributed by atoms with E-state index in [0.717, 1.165) is 11.4 Å². The van der Waals surface area contributed by atoms with Crippen molar-refractivity contribution in [2.45, 2.75) is 6.55 Å². The summed E-state index contributed by atoms with van der Waals surface area (Å²) in [7, 11) is -2.32. The van der Waals surface area contributed by atoms with E-state index in [2.05, 4.69) is 193 Å². The maximum absolute atomic E-state index is 2.53. The molecule has 1 heterocycles. The third-order valence-corrected chi connectivity index (χ3v) is 13.9. The summed E-state index contributed by atoms with van der Waals surface area (Å²) >= 11 is 0. The number of rotatable bonds is 6. The molecule has 0 spiro atoms. The molecule has 0 aliphatic carbocycles. The van der Waals surface area contributed by atoms with Crippen LogP contribution in [0.1, 0.15) is 0 Å². The maximum atomic E-state index is 2.53. The van der Waals surface area contributed by atoms with Gasteiger partial charge in [-0.05, 0) is 79.3 Å². The van der Waals surface area contributed by atoms with E-state index in [1.165, 1.54) is 54.6 Å². The molecule has 1 nitrogen and oxygen atoms in total. The lowest BCUT2D eigenvalue weighted by molar-refractivity contribution is 1.29. The molecular formula is C43H33NSi. The topological polar surface area (TPSA) is 3.24 Å². The van der Waals surface area contributed by atoms with Crippen LogP contribution in [0.2, 0.25) is 6.55 Å². The van der Waals surface area contributed by atoms with Crippen LogP contribution in [0.5, 0.6) is 0 Å². The molecule has 1 unspecified atom stereocenters. The fraction of sp³-hybridized carbons (Fsp3) is 0.0233. The van der Waals surface area contributed by atoms with Gasteiger partial charge >= 0.3 is 0 Å². The van der Waals surface area contributed by atoms with Gasteiger partial charge in [0, 0.05) is 17.1 Å². The summed E-state index contributed by atoms with van der Waals surface area (Å²) in [4.78, 5) is 2.46. The van der Waals surface area contributed by atoms with Crippen LogP contribution in [-0.4, -0.2) is 8.07 Å². The van der Waals surface area contributed by atoms with Crippen LogP contribution in [0.3, 0.4) is 0 Å². The van der Waals surface area contributed by atoms with Gasteiger partial charge in [0.25, 0.3) is 0 Å². The van der Waals surface area contributed by atoms with Crippen LogP contribution < -0.4 is 20.5 Å². The largest absolute Gasteiger partial charge is 0.311 e. The Balaban J connectivity index is 1.26. The van der Waals surface area contributed by atoms with Crippen LogP contribution >= 0.6 is 0 Å². The van der Waals surface area contributed by atoms with Gasteiger partial charge in [0.15, 0.2) is 0 Å². The fourth-order valence-electron chi connectivity index (χ4n) is 7.13. The number of hydrogen-bond acceptors (Lipinski definition) is 1. The Morgan fingerprint density at radius 1 is 0.378 bits per heavy atom. The summed E-state index contributed by atoms with van der Waals surface area (Å²) in [5, 5.41) is 4.40. The van der Waals surface area contributed by atoms with Crippen molar-refractivity contribution in [3.05, 3.63) is 182 Å². The molecule has 45 heavy (non-hydrogen) atoms. The van der Waals surface area contributed by atoms with Crippen molar-refractivity contribution in [3.8, 4) is 33.4 Å². The Kier molecular flexibility index (Phi) is 6.78. The SMILES string of the molecule is C[Si]1(c2ccccc2)c2ccccc2-c2cccc(N(c3ccccc3)c3ccc(-c4ccc(-c5ccccc5)cc4)cc3)c21. The third-order valence-electron chi connectivity index (χ3n) is 9.36. The summed E-state index contributed by atoms with van der Waals surface area (Å²) in [5.41, 5.74) is 11.2. The maximum Gasteiger partial charge on any atom is 0.149 e. The minimum atomic E-state index is -2.32. The van der Waals surface area contributed by atoms with Gasteiger partial charge in [0.2, 0.25) is 0 Å². The monoisotopic (exact) mass is 591 g/mol. The average Bonchev–Trinajstić information content (AvgIpc) is 3.39. The Morgan fingerprint density at radius 2 is 0.844 bits per heavy atom. The third kappa shape index (κ3) is 4.62. The second-order valence-electron chi connectivity index (χ2n) is 11.9. The van der Waals surface area contributed by atoms with Crippen molar-refractivity contribution in [2.24, 2.45) is 0 Å². The molecule has 7 aromatic carbocycles. The van der Waals surface area contributed by atoms with Crippen LogP contribution in [0.15, 0.2) is 182 Å². The summed E-state index contributed by atoms with van der Waals surface area (Å²) in [6, 6.07) is 66.4. The van der Waals surface area contributed by atoms with Gasteiger partial charge in [-0.2, -0.15) is 0 Å². The summed E-state index contributed by atoms with van der Waals surface area (Å²) in [6.07, 6.45) is 0. The fourth-order valence-corrected chi connectivity index (χ4v) is 11.5. The number of nitrogens with zero attached hydrogens (tertiary/aromatic N) is 1. The molecule has 0 saturated carbocycles. The molecule has 7 aromatic rings. The molecule has 0 N–H and O–H groups in total. The van der Waals surface area contributed by atoms with Crippen molar-refractivity contribution in [1.82, 2.24) is 0 Å². The first kappa shape index (κ1) is 27.1. The molecule has 2 heteroatoms. The van der Waals surface area contributed by atoms with Gasteiger partial charge in [0.05, 0.1) is 0 Å². The normalized spacial score (nSPS) is 14.9. The first-order valence-corrected chi connectivity index (χ1v) is 18.1. The Hall–Kier alpha value is -5.44. The van der Waals surface area contributed by atoms with E-state index < -0.39 is 8.07 Å². The summed E-state index contributed by atoms with van der Waals surface area (Å²) < 4.78 is 0. The molecule has 0 saturated heterocycles. The Morgan fingerprint density at radius 3 is 1.49 bits per heavy atom. The van der Waals surface area contributed by atoms with Crippen LogP contribution in [0, 0.1) is 0 Å². The Bertz CT molecular complexity index is 2090. The predicted octanol–water partition coefficient (Wildman–Crippen LogP) is 9.57. The molecule has 0 aromatic heterocycles. The molecule has 0 radical (unpaired) electrons. The smallest absolute Gasteiger partial charge is 0.149 e.